The van der Waals surface area contributed by atoms with Gasteiger partial charge in [-0.1, -0.05) is 26.0 Å². The highest BCUT2D eigenvalue weighted by Crippen LogP contribution is 2.25. The molecule has 0 N–H and O–H groups in total. The Kier molecular flexibility index (Phi) is 4.35. The van der Waals surface area contributed by atoms with Crippen molar-refractivity contribution in [1.82, 2.24) is 0 Å². The summed E-state index contributed by atoms with van der Waals surface area (Å²) in [6.45, 7) is 4.31. The molecule has 2 nitrogen and oxygen atoms in total. The fraction of sp³-hybridized carbons (Fsp3) is 0.462. The van der Waals surface area contributed by atoms with Gasteiger partial charge in [0.1, 0.15) is 12.0 Å². The molecule has 2 heteroatoms. The maximum absolute atomic E-state index is 10.3. The van der Waals surface area contributed by atoms with Crippen molar-refractivity contribution >= 4 is 6.29 Å². The zero-order valence-electron chi connectivity index (χ0n) is 9.62. The predicted octanol–water partition coefficient (Wildman–Crippen LogP) is 2.95. The Hall–Kier alpha value is -1.31. The monoisotopic (exact) mass is 206 g/mol. The van der Waals surface area contributed by atoms with Crippen LogP contribution in [0.5, 0.6) is 5.75 Å². The fourth-order valence-corrected chi connectivity index (χ4v) is 1.54. The van der Waals surface area contributed by atoms with Gasteiger partial charge >= 0.3 is 0 Å². The molecule has 0 heterocycles. The van der Waals surface area contributed by atoms with E-state index in [4.69, 9.17) is 4.74 Å². The van der Waals surface area contributed by atoms with Gasteiger partial charge in [-0.05, 0) is 29.5 Å². The van der Waals surface area contributed by atoms with E-state index in [9.17, 15) is 4.79 Å². The van der Waals surface area contributed by atoms with Crippen LogP contribution in [0.1, 0.15) is 37.3 Å². The highest BCUT2D eigenvalue weighted by Gasteiger charge is 2.06. The number of rotatable bonds is 5. The topological polar surface area (TPSA) is 26.3 Å². The van der Waals surface area contributed by atoms with Gasteiger partial charge in [-0.3, -0.25) is 0 Å². The summed E-state index contributed by atoms with van der Waals surface area (Å²) in [6.07, 6.45) is 2.25. The van der Waals surface area contributed by atoms with Crippen LogP contribution in [0.15, 0.2) is 18.2 Å². The molecule has 15 heavy (non-hydrogen) atoms. The Morgan fingerprint density at radius 1 is 1.40 bits per heavy atom. The van der Waals surface area contributed by atoms with Crippen molar-refractivity contribution in [2.24, 2.45) is 0 Å². The summed E-state index contributed by atoms with van der Waals surface area (Å²) in [4.78, 5) is 10.3. The van der Waals surface area contributed by atoms with E-state index in [1.807, 2.05) is 0 Å². The Morgan fingerprint density at radius 2 is 2.13 bits per heavy atom. The smallest absolute Gasteiger partial charge is 0.122 e. The molecule has 0 saturated heterocycles. The van der Waals surface area contributed by atoms with Gasteiger partial charge in [0.25, 0.3) is 0 Å². The van der Waals surface area contributed by atoms with E-state index in [1.165, 1.54) is 5.56 Å². The van der Waals surface area contributed by atoms with Crippen LogP contribution in [0, 0.1) is 0 Å². The maximum atomic E-state index is 10.3. The van der Waals surface area contributed by atoms with Gasteiger partial charge in [-0.2, -0.15) is 0 Å². The van der Waals surface area contributed by atoms with Gasteiger partial charge in [-0.15, -0.1) is 0 Å². The Bertz CT molecular complexity index is 329. The van der Waals surface area contributed by atoms with Crippen molar-refractivity contribution in [3.63, 3.8) is 0 Å². The van der Waals surface area contributed by atoms with Crippen LogP contribution < -0.4 is 4.74 Å². The minimum Gasteiger partial charge on any atom is -0.496 e. The number of carbonyl (C=O) groups excluding carboxylic acids is 1. The van der Waals surface area contributed by atoms with E-state index in [0.29, 0.717) is 12.3 Å². The molecule has 0 atom stereocenters. The third-order valence-electron chi connectivity index (χ3n) is 2.51. The number of carbonyl (C=O) groups is 1. The SMILES string of the molecule is COc1cc(C(C)C)ccc1CCC=O. The van der Waals surface area contributed by atoms with E-state index in [1.54, 1.807) is 7.11 Å². The lowest BCUT2D eigenvalue weighted by atomic mass is 9.99. The second kappa shape index (κ2) is 5.54. The van der Waals surface area contributed by atoms with Gasteiger partial charge < -0.3 is 9.53 Å². The summed E-state index contributed by atoms with van der Waals surface area (Å²) in [5, 5.41) is 0. The van der Waals surface area contributed by atoms with Crippen molar-refractivity contribution in [1.29, 1.82) is 0 Å². The second-order valence-corrected chi connectivity index (χ2v) is 3.93. The first-order valence-electron chi connectivity index (χ1n) is 5.29. The molecule has 0 radical (unpaired) electrons. The van der Waals surface area contributed by atoms with Crippen LogP contribution in [0.4, 0.5) is 0 Å². The number of aldehydes is 1. The molecule has 0 aliphatic rings. The molecule has 0 unspecified atom stereocenters. The van der Waals surface area contributed by atoms with Crippen molar-refractivity contribution in [3.8, 4) is 5.75 Å². The minimum absolute atomic E-state index is 0.499. The standard InChI is InChI=1S/C13H18O2/c1-10(2)12-7-6-11(5-4-8-14)13(9-12)15-3/h6-10H,4-5H2,1-3H3. The van der Waals surface area contributed by atoms with E-state index >= 15 is 0 Å². The molecule has 1 aromatic rings. The number of hydrogen-bond acceptors (Lipinski definition) is 2. The quantitative estimate of drug-likeness (QED) is 0.692. The lowest BCUT2D eigenvalue weighted by Gasteiger charge is -2.11. The molecule has 0 aliphatic heterocycles. The third-order valence-corrected chi connectivity index (χ3v) is 2.51. The average molecular weight is 206 g/mol. The largest absolute Gasteiger partial charge is 0.496 e. The molecule has 82 valence electrons. The lowest BCUT2D eigenvalue weighted by Crippen LogP contribution is -1.96. The first-order chi connectivity index (χ1) is 7.19. The zero-order chi connectivity index (χ0) is 11.3. The highest BCUT2D eigenvalue weighted by molar-refractivity contribution is 5.51. The van der Waals surface area contributed by atoms with Crippen molar-refractivity contribution in [2.45, 2.75) is 32.6 Å². The van der Waals surface area contributed by atoms with Crippen LogP contribution in [-0.4, -0.2) is 13.4 Å². The average Bonchev–Trinajstić information content (AvgIpc) is 2.25. The summed E-state index contributed by atoms with van der Waals surface area (Å²) >= 11 is 0. The van der Waals surface area contributed by atoms with Crippen molar-refractivity contribution in [3.05, 3.63) is 29.3 Å². The number of benzene rings is 1. The minimum atomic E-state index is 0.499. The summed E-state index contributed by atoms with van der Waals surface area (Å²) in [5.74, 6) is 1.39. The van der Waals surface area contributed by atoms with Crippen molar-refractivity contribution in [2.75, 3.05) is 7.11 Å². The van der Waals surface area contributed by atoms with Gasteiger partial charge in [0, 0.05) is 6.42 Å². The highest BCUT2D eigenvalue weighted by atomic mass is 16.5. The second-order valence-electron chi connectivity index (χ2n) is 3.93. The summed E-state index contributed by atoms with van der Waals surface area (Å²) in [7, 11) is 1.67. The number of hydrogen-bond donors (Lipinski definition) is 0. The van der Waals surface area contributed by atoms with E-state index in [2.05, 4.69) is 32.0 Å². The first kappa shape index (κ1) is 11.8. The molecule has 1 rings (SSSR count). The molecule has 0 spiro atoms. The molecular weight excluding hydrogens is 188 g/mol. The number of methoxy groups -OCH3 is 1. The van der Waals surface area contributed by atoms with E-state index in [0.717, 1.165) is 24.0 Å². The Morgan fingerprint density at radius 3 is 2.67 bits per heavy atom. The van der Waals surface area contributed by atoms with E-state index in [-0.39, 0.29) is 0 Å². The first-order valence-corrected chi connectivity index (χ1v) is 5.29. The van der Waals surface area contributed by atoms with Crippen LogP contribution >= 0.6 is 0 Å². The lowest BCUT2D eigenvalue weighted by molar-refractivity contribution is -0.107. The van der Waals surface area contributed by atoms with Crippen LogP contribution in [0.25, 0.3) is 0 Å². The van der Waals surface area contributed by atoms with Crippen LogP contribution in [0.3, 0.4) is 0 Å². The molecule has 0 amide bonds. The van der Waals surface area contributed by atoms with Crippen LogP contribution in [0.2, 0.25) is 0 Å². The van der Waals surface area contributed by atoms with Crippen molar-refractivity contribution < 1.29 is 9.53 Å². The summed E-state index contributed by atoms with van der Waals surface area (Å²) < 4.78 is 5.32. The van der Waals surface area contributed by atoms with Gasteiger partial charge in [0.2, 0.25) is 0 Å². The number of aryl methyl sites for hydroxylation is 1. The third kappa shape index (κ3) is 3.08. The zero-order valence-corrected chi connectivity index (χ0v) is 9.62. The van der Waals surface area contributed by atoms with Crippen LogP contribution in [-0.2, 0) is 11.2 Å². The summed E-state index contributed by atoms with van der Waals surface area (Å²) in [6, 6.07) is 6.22. The molecule has 0 saturated carbocycles. The fourth-order valence-electron chi connectivity index (χ4n) is 1.54. The molecule has 0 fully saturated rings. The Balaban J connectivity index is 2.92. The predicted molar refractivity (Wildman–Crippen MR) is 61.5 cm³/mol. The van der Waals surface area contributed by atoms with E-state index < -0.39 is 0 Å². The Labute approximate surface area is 91.3 Å². The molecule has 0 bridgehead atoms. The molecule has 0 aliphatic carbocycles. The van der Waals surface area contributed by atoms with Gasteiger partial charge in [0.05, 0.1) is 7.11 Å². The normalized spacial score (nSPS) is 10.4. The van der Waals surface area contributed by atoms with Gasteiger partial charge in [-0.25, -0.2) is 0 Å². The maximum Gasteiger partial charge on any atom is 0.122 e. The molecule has 1 aromatic carbocycles. The molecular formula is C13H18O2. The molecule has 0 aromatic heterocycles. The number of ether oxygens (including phenoxy) is 1. The summed E-state index contributed by atoms with van der Waals surface area (Å²) in [5.41, 5.74) is 2.37. The van der Waals surface area contributed by atoms with Gasteiger partial charge in [0.15, 0.2) is 0 Å².